The van der Waals surface area contributed by atoms with Crippen LogP contribution in [0.2, 0.25) is 0 Å². The molecule has 0 aliphatic heterocycles. The Labute approximate surface area is 97.6 Å². The average molecular weight is 272 g/mol. The van der Waals surface area contributed by atoms with Crippen molar-refractivity contribution in [2.24, 2.45) is 5.41 Å². The highest BCUT2D eigenvalue weighted by Crippen LogP contribution is 2.49. The Kier molecular flexibility index (Phi) is 2.98. The van der Waals surface area contributed by atoms with Crippen molar-refractivity contribution in [2.45, 2.75) is 19.3 Å². The van der Waals surface area contributed by atoms with Crippen LogP contribution in [0.25, 0.3) is 0 Å². The van der Waals surface area contributed by atoms with Crippen LogP contribution < -0.4 is 4.74 Å². The van der Waals surface area contributed by atoms with Crippen LogP contribution in [0.15, 0.2) is 16.9 Å². The fourth-order valence-corrected chi connectivity index (χ4v) is 2.19. The SMILES string of the molecule is COc1cncc(Br)c1CC1(CO)CC1. The third-order valence-electron chi connectivity index (χ3n) is 3.03. The molecule has 1 aliphatic rings. The van der Waals surface area contributed by atoms with Crippen molar-refractivity contribution < 1.29 is 9.84 Å². The standard InChI is InChI=1S/C11H14BrNO2/c1-15-10-6-13-5-9(12)8(10)4-11(7-14)2-3-11/h5-6,14H,2-4,7H2,1H3. The average Bonchev–Trinajstić information content (AvgIpc) is 3.02. The molecule has 0 saturated heterocycles. The lowest BCUT2D eigenvalue weighted by Gasteiger charge is -2.15. The number of rotatable bonds is 4. The van der Waals surface area contributed by atoms with Gasteiger partial charge in [0.15, 0.2) is 0 Å². The van der Waals surface area contributed by atoms with Gasteiger partial charge in [-0.25, -0.2) is 0 Å². The van der Waals surface area contributed by atoms with Gasteiger partial charge >= 0.3 is 0 Å². The van der Waals surface area contributed by atoms with Crippen LogP contribution in [0.1, 0.15) is 18.4 Å². The van der Waals surface area contributed by atoms with E-state index in [9.17, 15) is 5.11 Å². The first-order chi connectivity index (χ1) is 7.21. The van der Waals surface area contributed by atoms with Gasteiger partial charge in [-0.05, 0) is 40.6 Å². The number of aliphatic hydroxyl groups excluding tert-OH is 1. The fourth-order valence-electron chi connectivity index (χ4n) is 1.73. The van der Waals surface area contributed by atoms with E-state index in [2.05, 4.69) is 20.9 Å². The molecule has 3 nitrogen and oxygen atoms in total. The molecule has 0 spiro atoms. The van der Waals surface area contributed by atoms with Crippen LogP contribution in [-0.2, 0) is 6.42 Å². The number of ether oxygens (including phenoxy) is 1. The third kappa shape index (κ3) is 2.16. The highest BCUT2D eigenvalue weighted by Gasteiger charge is 2.42. The van der Waals surface area contributed by atoms with E-state index in [-0.39, 0.29) is 12.0 Å². The second kappa shape index (κ2) is 4.10. The zero-order valence-electron chi connectivity index (χ0n) is 8.66. The van der Waals surface area contributed by atoms with Crippen molar-refractivity contribution in [1.29, 1.82) is 0 Å². The maximum Gasteiger partial charge on any atom is 0.141 e. The van der Waals surface area contributed by atoms with Gasteiger partial charge in [0, 0.05) is 22.8 Å². The summed E-state index contributed by atoms with van der Waals surface area (Å²) in [7, 11) is 1.64. The fraction of sp³-hybridized carbons (Fsp3) is 0.545. The van der Waals surface area contributed by atoms with Crippen LogP contribution in [0.5, 0.6) is 5.75 Å². The van der Waals surface area contributed by atoms with Crippen molar-refractivity contribution in [1.82, 2.24) is 4.98 Å². The molecule has 1 aromatic heterocycles. The minimum absolute atomic E-state index is 0.0944. The lowest BCUT2D eigenvalue weighted by atomic mass is 9.98. The Hall–Kier alpha value is -0.610. The summed E-state index contributed by atoms with van der Waals surface area (Å²) in [6.07, 6.45) is 6.54. The smallest absolute Gasteiger partial charge is 0.141 e. The van der Waals surface area contributed by atoms with Gasteiger partial charge < -0.3 is 9.84 Å². The van der Waals surface area contributed by atoms with Gasteiger partial charge in [0.05, 0.1) is 13.3 Å². The molecule has 1 heterocycles. The molecule has 15 heavy (non-hydrogen) atoms. The van der Waals surface area contributed by atoms with Crippen molar-refractivity contribution in [3.63, 3.8) is 0 Å². The molecule has 1 aliphatic carbocycles. The van der Waals surface area contributed by atoms with E-state index in [1.54, 1.807) is 19.5 Å². The number of pyridine rings is 1. The predicted molar refractivity (Wildman–Crippen MR) is 60.9 cm³/mol. The molecule has 4 heteroatoms. The monoisotopic (exact) mass is 271 g/mol. The Morgan fingerprint density at radius 3 is 2.80 bits per heavy atom. The van der Waals surface area contributed by atoms with Gasteiger partial charge in [-0.1, -0.05) is 0 Å². The van der Waals surface area contributed by atoms with E-state index < -0.39 is 0 Å². The molecule has 1 fully saturated rings. The Balaban J connectivity index is 2.26. The van der Waals surface area contributed by atoms with Gasteiger partial charge in [-0.15, -0.1) is 0 Å². The predicted octanol–water partition coefficient (Wildman–Crippen LogP) is 2.17. The highest BCUT2D eigenvalue weighted by molar-refractivity contribution is 9.10. The molecular formula is C11H14BrNO2. The van der Waals surface area contributed by atoms with Crippen molar-refractivity contribution in [3.8, 4) is 5.75 Å². The molecule has 0 radical (unpaired) electrons. The summed E-state index contributed by atoms with van der Waals surface area (Å²) in [6, 6.07) is 0. The number of halogens is 1. The Morgan fingerprint density at radius 2 is 2.27 bits per heavy atom. The van der Waals surface area contributed by atoms with Crippen molar-refractivity contribution in [3.05, 3.63) is 22.4 Å². The molecule has 1 saturated carbocycles. The van der Waals surface area contributed by atoms with Gasteiger partial charge in [-0.2, -0.15) is 0 Å². The third-order valence-corrected chi connectivity index (χ3v) is 3.71. The quantitative estimate of drug-likeness (QED) is 0.913. The number of nitrogens with zero attached hydrogens (tertiary/aromatic N) is 1. The number of methoxy groups -OCH3 is 1. The number of hydrogen-bond donors (Lipinski definition) is 1. The van der Waals surface area contributed by atoms with E-state index in [1.165, 1.54) is 0 Å². The van der Waals surface area contributed by atoms with Crippen LogP contribution in [0.3, 0.4) is 0 Å². The molecule has 1 N–H and O–H groups in total. The molecule has 2 rings (SSSR count). The number of hydrogen-bond acceptors (Lipinski definition) is 3. The summed E-state index contributed by atoms with van der Waals surface area (Å²) in [5.41, 5.74) is 1.20. The lowest BCUT2D eigenvalue weighted by Crippen LogP contribution is -2.11. The normalized spacial score (nSPS) is 17.5. The molecule has 0 atom stereocenters. The van der Waals surface area contributed by atoms with Gasteiger partial charge in [0.1, 0.15) is 5.75 Å². The van der Waals surface area contributed by atoms with Crippen LogP contribution in [-0.4, -0.2) is 23.8 Å². The summed E-state index contributed by atoms with van der Waals surface area (Å²) in [4.78, 5) is 4.06. The summed E-state index contributed by atoms with van der Waals surface area (Å²) < 4.78 is 6.23. The molecule has 0 aromatic carbocycles. The largest absolute Gasteiger partial charge is 0.495 e. The highest BCUT2D eigenvalue weighted by atomic mass is 79.9. The molecule has 0 bridgehead atoms. The first-order valence-corrected chi connectivity index (χ1v) is 5.77. The summed E-state index contributed by atoms with van der Waals surface area (Å²) in [5.74, 6) is 0.795. The second-order valence-electron chi connectivity index (χ2n) is 4.14. The summed E-state index contributed by atoms with van der Waals surface area (Å²) in [5, 5.41) is 9.30. The minimum atomic E-state index is 0.0944. The van der Waals surface area contributed by atoms with E-state index in [4.69, 9.17) is 4.74 Å². The van der Waals surface area contributed by atoms with Gasteiger partial charge in [0.2, 0.25) is 0 Å². The minimum Gasteiger partial charge on any atom is -0.495 e. The van der Waals surface area contributed by atoms with E-state index >= 15 is 0 Å². The Bertz CT molecular complexity index is 364. The molecule has 1 aromatic rings. The van der Waals surface area contributed by atoms with Crippen LogP contribution >= 0.6 is 15.9 Å². The summed E-state index contributed by atoms with van der Waals surface area (Å²) in [6.45, 7) is 0.255. The van der Waals surface area contributed by atoms with E-state index in [0.29, 0.717) is 0 Å². The first-order valence-electron chi connectivity index (χ1n) is 4.98. The summed E-state index contributed by atoms with van der Waals surface area (Å²) >= 11 is 3.47. The van der Waals surface area contributed by atoms with Crippen LogP contribution in [0, 0.1) is 5.41 Å². The number of aromatic nitrogens is 1. The zero-order valence-corrected chi connectivity index (χ0v) is 10.2. The molecule has 82 valence electrons. The lowest BCUT2D eigenvalue weighted by molar-refractivity contribution is 0.210. The Morgan fingerprint density at radius 1 is 1.53 bits per heavy atom. The number of aliphatic hydroxyl groups is 1. The molecule has 0 amide bonds. The topological polar surface area (TPSA) is 42.4 Å². The van der Waals surface area contributed by atoms with Gasteiger partial charge in [-0.3, -0.25) is 4.98 Å². The van der Waals surface area contributed by atoms with Crippen molar-refractivity contribution >= 4 is 15.9 Å². The van der Waals surface area contributed by atoms with Crippen LogP contribution in [0.4, 0.5) is 0 Å². The van der Waals surface area contributed by atoms with E-state index in [0.717, 1.165) is 35.0 Å². The van der Waals surface area contributed by atoms with Gasteiger partial charge in [0.25, 0.3) is 0 Å². The maximum atomic E-state index is 9.30. The molecule has 0 unspecified atom stereocenters. The second-order valence-corrected chi connectivity index (χ2v) is 4.99. The zero-order chi connectivity index (χ0) is 10.9. The first kappa shape index (κ1) is 10.9. The maximum absolute atomic E-state index is 9.30. The van der Waals surface area contributed by atoms with E-state index in [1.807, 2.05) is 0 Å². The van der Waals surface area contributed by atoms with Crippen molar-refractivity contribution in [2.75, 3.05) is 13.7 Å². The molecular weight excluding hydrogens is 258 g/mol.